The van der Waals surface area contributed by atoms with Crippen LogP contribution in [0.1, 0.15) is 17.0 Å². The van der Waals surface area contributed by atoms with Crippen LogP contribution in [-0.4, -0.2) is 25.2 Å². The van der Waals surface area contributed by atoms with Crippen LogP contribution in [0.5, 0.6) is 0 Å². The Balaban J connectivity index is 1.55. The molecular weight excluding hydrogens is 356 g/mol. The molecule has 1 heterocycles. The summed E-state index contributed by atoms with van der Waals surface area (Å²) in [5, 5.41) is 6.31. The second-order valence-corrected chi connectivity index (χ2v) is 6.54. The zero-order chi connectivity index (χ0) is 16.1. The minimum absolute atomic E-state index is 0.0412. The number of amides is 1. The van der Waals surface area contributed by atoms with Gasteiger partial charge in [-0.15, -0.1) is 0 Å². The van der Waals surface area contributed by atoms with E-state index in [0.29, 0.717) is 0 Å². The van der Waals surface area contributed by atoms with Crippen molar-refractivity contribution in [2.45, 2.75) is 18.6 Å². The first-order valence-electron chi connectivity index (χ1n) is 7.66. The minimum atomic E-state index is -0.371. The van der Waals surface area contributed by atoms with Gasteiger partial charge in [-0.3, -0.25) is 0 Å². The fourth-order valence-electron chi connectivity index (χ4n) is 2.81. The van der Waals surface area contributed by atoms with E-state index >= 15 is 0 Å². The first-order valence-corrected chi connectivity index (χ1v) is 8.45. The highest BCUT2D eigenvalue weighted by Crippen LogP contribution is 2.24. The average molecular weight is 375 g/mol. The van der Waals surface area contributed by atoms with E-state index in [-0.39, 0.29) is 24.7 Å². The zero-order valence-corrected chi connectivity index (χ0v) is 14.3. The van der Waals surface area contributed by atoms with Crippen molar-refractivity contribution >= 4 is 22.0 Å². The first-order chi connectivity index (χ1) is 11.2. The maximum atomic E-state index is 12.0. The van der Waals surface area contributed by atoms with Crippen molar-refractivity contribution in [2.24, 2.45) is 0 Å². The van der Waals surface area contributed by atoms with Crippen LogP contribution in [0, 0.1) is 0 Å². The van der Waals surface area contributed by atoms with Crippen LogP contribution in [0.2, 0.25) is 0 Å². The molecule has 1 aliphatic rings. The molecule has 0 bridgehead atoms. The Hall–Kier alpha value is -1.85. The Morgan fingerprint density at radius 1 is 1.13 bits per heavy atom. The summed E-state index contributed by atoms with van der Waals surface area (Å²) in [7, 11) is 0. The van der Waals surface area contributed by atoms with Gasteiger partial charge < -0.3 is 15.4 Å². The van der Waals surface area contributed by atoms with Gasteiger partial charge in [0.15, 0.2) is 0 Å². The number of hydrogen-bond acceptors (Lipinski definition) is 3. The summed E-state index contributed by atoms with van der Waals surface area (Å²) in [5.41, 5.74) is 2.20. The number of halogens is 1. The predicted octanol–water partition coefficient (Wildman–Crippen LogP) is 3.43. The van der Waals surface area contributed by atoms with Crippen molar-refractivity contribution in [2.75, 3.05) is 13.1 Å². The maximum Gasteiger partial charge on any atom is 0.407 e. The van der Waals surface area contributed by atoms with Gasteiger partial charge in [-0.25, -0.2) is 4.79 Å². The van der Waals surface area contributed by atoms with E-state index in [0.717, 1.165) is 23.1 Å². The van der Waals surface area contributed by atoms with Crippen LogP contribution in [0.25, 0.3) is 0 Å². The van der Waals surface area contributed by atoms with Gasteiger partial charge in [-0.05, 0) is 23.3 Å². The summed E-state index contributed by atoms with van der Waals surface area (Å²) in [4.78, 5) is 12.0. The van der Waals surface area contributed by atoms with Gasteiger partial charge >= 0.3 is 6.09 Å². The molecule has 0 saturated carbocycles. The second-order valence-electron chi connectivity index (χ2n) is 5.63. The predicted molar refractivity (Wildman–Crippen MR) is 93.3 cm³/mol. The summed E-state index contributed by atoms with van der Waals surface area (Å²) in [6.45, 7) is 1.89. The lowest BCUT2D eigenvalue weighted by Crippen LogP contribution is -2.39. The topological polar surface area (TPSA) is 50.4 Å². The minimum Gasteiger partial charge on any atom is -0.445 e. The molecule has 2 atom stereocenters. The number of ether oxygens (including phenoxy) is 1. The van der Waals surface area contributed by atoms with Crippen molar-refractivity contribution in [1.82, 2.24) is 10.6 Å². The van der Waals surface area contributed by atoms with Gasteiger partial charge in [0.05, 0.1) is 6.04 Å². The molecule has 5 heteroatoms. The summed E-state index contributed by atoms with van der Waals surface area (Å²) >= 11 is 3.45. The zero-order valence-electron chi connectivity index (χ0n) is 12.7. The van der Waals surface area contributed by atoms with Gasteiger partial charge in [-0.2, -0.15) is 0 Å². The lowest BCUT2D eigenvalue weighted by atomic mass is 9.94. The fraction of sp³-hybridized carbons (Fsp3) is 0.278. The molecule has 2 aromatic rings. The van der Waals surface area contributed by atoms with Crippen LogP contribution in [0.15, 0.2) is 59.1 Å². The van der Waals surface area contributed by atoms with Gasteiger partial charge in [0.1, 0.15) is 6.61 Å². The third-order valence-electron chi connectivity index (χ3n) is 4.03. The highest BCUT2D eigenvalue weighted by atomic mass is 79.9. The second kappa shape index (κ2) is 7.62. The SMILES string of the molecule is O=C(N[C@@H]1CNC[C@H]1c1ccc(Br)cc1)OCc1ccccc1. The van der Waals surface area contributed by atoms with E-state index in [4.69, 9.17) is 4.74 Å². The Morgan fingerprint density at radius 2 is 1.87 bits per heavy atom. The first kappa shape index (κ1) is 16.0. The number of nitrogens with one attached hydrogen (secondary N) is 2. The highest BCUT2D eigenvalue weighted by Gasteiger charge is 2.30. The molecule has 1 fully saturated rings. The molecule has 0 radical (unpaired) electrons. The van der Waals surface area contributed by atoms with E-state index in [1.165, 1.54) is 5.56 Å². The Bertz CT molecular complexity index is 646. The van der Waals surface area contributed by atoms with Gasteiger partial charge in [-0.1, -0.05) is 58.4 Å². The third-order valence-corrected chi connectivity index (χ3v) is 4.56. The largest absolute Gasteiger partial charge is 0.445 e. The lowest BCUT2D eigenvalue weighted by molar-refractivity contribution is 0.135. The number of benzene rings is 2. The van der Waals surface area contributed by atoms with Crippen molar-refractivity contribution in [3.63, 3.8) is 0 Å². The number of carbonyl (C=O) groups is 1. The lowest BCUT2D eigenvalue weighted by Gasteiger charge is -2.20. The van der Waals surface area contributed by atoms with Gasteiger partial charge in [0.25, 0.3) is 0 Å². The third kappa shape index (κ3) is 4.33. The van der Waals surface area contributed by atoms with Crippen LogP contribution in [0.3, 0.4) is 0 Å². The molecule has 2 N–H and O–H groups in total. The molecule has 0 spiro atoms. The van der Waals surface area contributed by atoms with Crippen LogP contribution in [0.4, 0.5) is 4.79 Å². The van der Waals surface area contributed by atoms with E-state index in [1.807, 2.05) is 42.5 Å². The molecule has 3 rings (SSSR count). The molecule has 0 unspecified atom stereocenters. The monoisotopic (exact) mass is 374 g/mol. The quantitative estimate of drug-likeness (QED) is 0.861. The Labute approximate surface area is 144 Å². The molecular formula is C18H19BrN2O2. The Kier molecular flexibility index (Phi) is 5.31. The summed E-state index contributed by atoms with van der Waals surface area (Å²) in [5.74, 6) is 0.257. The summed E-state index contributed by atoms with van der Waals surface area (Å²) in [6.07, 6.45) is -0.371. The number of rotatable bonds is 4. The normalized spacial score (nSPS) is 20.2. The molecule has 2 aromatic carbocycles. The summed E-state index contributed by atoms with van der Waals surface area (Å²) < 4.78 is 6.36. The fourth-order valence-corrected chi connectivity index (χ4v) is 3.07. The number of carbonyl (C=O) groups excluding carboxylic acids is 1. The molecule has 1 aliphatic heterocycles. The van der Waals surface area contributed by atoms with Crippen LogP contribution >= 0.6 is 15.9 Å². The molecule has 1 amide bonds. The average Bonchev–Trinajstić information content (AvgIpc) is 3.03. The smallest absolute Gasteiger partial charge is 0.407 e. The van der Waals surface area contributed by atoms with Crippen molar-refractivity contribution in [3.05, 3.63) is 70.2 Å². The highest BCUT2D eigenvalue weighted by molar-refractivity contribution is 9.10. The molecule has 120 valence electrons. The number of alkyl carbamates (subject to hydrolysis) is 1. The van der Waals surface area contributed by atoms with Gasteiger partial charge in [0.2, 0.25) is 0 Å². The standard InChI is InChI=1S/C18H19BrN2O2/c19-15-8-6-14(7-9-15)16-10-20-11-17(16)21-18(22)23-12-13-4-2-1-3-5-13/h1-9,16-17,20H,10-12H2,(H,21,22)/t16-,17+/m0/s1. The van der Waals surface area contributed by atoms with Crippen molar-refractivity contribution in [3.8, 4) is 0 Å². The van der Waals surface area contributed by atoms with Crippen LogP contribution < -0.4 is 10.6 Å². The molecule has 0 aromatic heterocycles. The Morgan fingerprint density at radius 3 is 2.61 bits per heavy atom. The maximum absolute atomic E-state index is 12.0. The van der Waals surface area contributed by atoms with E-state index in [1.54, 1.807) is 0 Å². The van der Waals surface area contributed by atoms with E-state index in [9.17, 15) is 4.79 Å². The van der Waals surface area contributed by atoms with E-state index in [2.05, 4.69) is 38.7 Å². The van der Waals surface area contributed by atoms with Crippen LogP contribution in [-0.2, 0) is 11.3 Å². The molecule has 4 nitrogen and oxygen atoms in total. The van der Waals surface area contributed by atoms with E-state index < -0.39 is 0 Å². The summed E-state index contributed by atoms with van der Waals surface area (Å²) in [6, 6.07) is 18.0. The molecule has 0 aliphatic carbocycles. The van der Waals surface area contributed by atoms with Crippen molar-refractivity contribution < 1.29 is 9.53 Å². The van der Waals surface area contributed by atoms with Crippen molar-refractivity contribution in [1.29, 1.82) is 0 Å². The molecule has 1 saturated heterocycles. The molecule has 23 heavy (non-hydrogen) atoms. The number of hydrogen-bond donors (Lipinski definition) is 2. The van der Waals surface area contributed by atoms with Gasteiger partial charge in [0, 0.05) is 23.5 Å².